The summed E-state index contributed by atoms with van der Waals surface area (Å²) >= 11 is 4.80. The first-order valence-corrected chi connectivity index (χ1v) is 7.05. The molecule has 0 aromatic rings. The molecular weight excluding hydrogens is 246 g/mol. The second-order valence-corrected chi connectivity index (χ2v) is 5.26. The molecule has 0 saturated heterocycles. The zero-order chi connectivity index (χ0) is 14.1. The zero-order valence-electron chi connectivity index (χ0n) is 12.1. The van der Waals surface area contributed by atoms with Crippen molar-refractivity contribution in [2.24, 2.45) is 5.73 Å². The van der Waals surface area contributed by atoms with E-state index in [1.165, 1.54) is 0 Å². The summed E-state index contributed by atoms with van der Waals surface area (Å²) in [5.74, 6) is 0.157. The Kier molecular flexibility index (Phi) is 8.93. The molecule has 1 amide bonds. The van der Waals surface area contributed by atoms with Crippen LogP contribution in [0.2, 0.25) is 0 Å². The summed E-state index contributed by atoms with van der Waals surface area (Å²) in [6, 6.07) is 0.569. The second kappa shape index (κ2) is 9.28. The first-order valence-electron chi connectivity index (χ1n) is 6.64. The fourth-order valence-electron chi connectivity index (χ4n) is 1.96. The van der Waals surface area contributed by atoms with Crippen molar-refractivity contribution in [3.05, 3.63) is 0 Å². The summed E-state index contributed by atoms with van der Waals surface area (Å²) < 4.78 is 0. The van der Waals surface area contributed by atoms with Gasteiger partial charge in [-0.3, -0.25) is 4.79 Å². The number of amides is 1. The van der Waals surface area contributed by atoms with Crippen LogP contribution in [0.4, 0.5) is 0 Å². The molecule has 0 unspecified atom stereocenters. The molecular formula is C13H27N3OS. The van der Waals surface area contributed by atoms with Crippen LogP contribution >= 0.6 is 12.2 Å². The van der Waals surface area contributed by atoms with E-state index in [1.807, 2.05) is 0 Å². The quantitative estimate of drug-likeness (QED) is 0.649. The van der Waals surface area contributed by atoms with Gasteiger partial charge in [-0.1, -0.05) is 26.1 Å². The Hall–Kier alpha value is -0.680. The first-order chi connectivity index (χ1) is 8.42. The Morgan fingerprint density at radius 3 is 2.17 bits per heavy atom. The van der Waals surface area contributed by atoms with Crippen molar-refractivity contribution in [1.82, 2.24) is 9.80 Å². The van der Waals surface area contributed by atoms with Crippen molar-refractivity contribution in [3.63, 3.8) is 0 Å². The molecule has 0 saturated carbocycles. The molecule has 4 nitrogen and oxygen atoms in total. The predicted molar refractivity (Wildman–Crippen MR) is 80.7 cm³/mol. The Morgan fingerprint density at radius 1 is 1.17 bits per heavy atom. The van der Waals surface area contributed by atoms with Crippen molar-refractivity contribution in [1.29, 1.82) is 0 Å². The fraction of sp³-hybridized carbons (Fsp3) is 0.846. The van der Waals surface area contributed by atoms with Crippen LogP contribution in [0.3, 0.4) is 0 Å². The first kappa shape index (κ1) is 17.3. The summed E-state index contributed by atoms with van der Waals surface area (Å²) in [5.41, 5.74) is 5.42. The van der Waals surface area contributed by atoms with Crippen LogP contribution in [-0.2, 0) is 4.79 Å². The average molecular weight is 273 g/mol. The number of thiocarbonyl (C=S) groups is 1. The van der Waals surface area contributed by atoms with E-state index < -0.39 is 0 Å². The van der Waals surface area contributed by atoms with Gasteiger partial charge < -0.3 is 15.5 Å². The summed E-state index contributed by atoms with van der Waals surface area (Å²) in [5, 5.41) is 0. The summed E-state index contributed by atoms with van der Waals surface area (Å²) in [6.07, 6.45) is 3.40. The minimum Gasteiger partial charge on any atom is -0.393 e. The van der Waals surface area contributed by atoms with E-state index in [1.54, 1.807) is 11.9 Å². The molecule has 0 aromatic heterocycles. The number of carbonyl (C=O) groups excluding carboxylic acids is 1. The molecule has 0 aliphatic rings. The SMILES string of the molecule is CCC(CC)N(C)CCC(=O)N(C)CCC(N)=S. The van der Waals surface area contributed by atoms with Gasteiger partial charge in [-0.05, 0) is 19.9 Å². The second-order valence-electron chi connectivity index (χ2n) is 4.73. The van der Waals surface area contributed by atoms with Crippen LogP contribution in [0.25, 0.3) is 0 Å². The molecule has 0 aromatic carbocycles. The number of hydrogen-bond acceptors (Lipinski definition) is 3. The summed E-state index contributed by atoms with van der Waals surface area (Å²) in [7, 11) is 3.89. The molecule has 0 atom stereocenters. The molecule has 0 heterocycles. The molecule has 0 aliphatic carbocycles. The Balaban J connectivity index is 3.97. The number of hydrogen-bond donors (Lipinski definition) is 1. The van der Waals surface area contributed by atoms with Crippen LogP contribution in [0.5, 0.6) is 0 Å². The Morgan fingerprint density at radius 2 is 1.72 bits per heavy atom. The third kappa shape index (κ3) is 6.91. The molecule has 0 aliphatic heterocycles. The Labute approximate surface area is 116 Å². The van der Waals surface area contributed by atoms with Gasteiger partial charge in [-0.15, -0.1) is 0 Å². The Bertz CT molecular complexity index is 267. The molecule has 5 heteroatoms. The van der Waals surface area contributed by atoms with Gasteiger partial charge in [-0.2, -0.15) is 0 Å². The topological polar surface area (TPSA) is 49.6 Å². The lowest BCUT2D eigenvalue weighted by atomic mass is 10.1. The normalized spacial score (nSPS) is 11.0. The summed E-state index contributed by atoms with van der Waals surface area (Å²) in [6.45, 7) is 5.78. The fourth-order valence-corrected chi connectivity index (χ4v) is 2.05. The molecule has 106 valence electrons. The highest BCUT2D eigenvalue weighted by Crippen LogP contribution is 2.07. The molecule has 2 N–H and O–H groups in total. The average Bonchev–Trinajstić information content (AvgIpc) is 2.34. The highest BCUT2D eigenvalue weighted by molar-refractivity contribution is 7.80. The van der Waals surface area contributed by atoms with E-state index in [4.69, 9.17) is 18.0 Å². The monoisotopic (exact) mass is 273 g/mol. The maximum absolute atomic E-state index is 11.9. The highest BCUT2D eigenvalue weighted by Gasteiger charge is 2.14. The lowest BCUT2D eigenvalue weighted by Gasteiger charge is -2.26. The van der Waals surface area contributed by atoms with Gasteiger partial charge in [0.25, 0.3) is 0 Å². The van der Waals surface area contributed by atoms with Crippen LogP contribution in [0, 0.1) is 0 Å². The molecule has 0 rings (SSSR count). The van der Waals surface area contributed by atoms with E-state index in [0.29, 0.717) is 30.4 Å². The predicted octanol–water partition coefficient (Wildman–Crippen LogP) is 1.63. The third-order valence-electron chi connectivity index (χ3n) is 3.36. The number of nitrogens with zero attached hydrogens (tertiary/aromatic N) is 2. The van der Waals surface area contributed by atoms with Crippen molar-refractivity contribution in [3.8, 4) is 0 Å². The van der Waals surface area contributed by atoms with Crippen LogP contribution in [-0.4, -0.2) is 53.9 Å². The van der Waals surface area contributed by atoms with Gasteiger partial charge in [0.1, 0.15) is 0 Å². The maximum Gasteiger partial charge on any atom is 0.223 e. The molecule has 0 bridgehead atoms. The van der Waals surface area contributed by atoms with Crippen LogP contribution in [0.15, 0.2) is 0 Å². The van der Waals surface area contributed by atoms with Crippen molar-refractivity contribution < 1.29 is 4.79 Å². The smallest absolute Gasteiger partial charge is 0.223 e. The molecule has 0 spiro atoms. The summed E-state index contributed by atoms with van der Waals surface area (Å²) in [4.78, 5) is 16.3. The van der Waals surface area contributed by atoms with Gasteiger partial charge in [-0.25, -0.2) is 0 Å². The zero-order valence-corrected chi connectivity index (χ0v) is 12.9. The van der Waals surface area contributed by atoms with E-state index in [-0.39, 0.29) is 5.91 Å². The van der Waals surface area contributed by atoms with E-state index in [0.717, 1.165) is 19.4 Å². The lowest BCUT2D eigenvalue weighted by Crippen LogP contribution is -2.36. The van der Waals surface area contributed by atoms with Gasteiger partial charge in [0.2, 0.25) is 5.91 Å². The van der Waals surface area contributed by atoms with E-state index in [2.05, 4.69) is 25.8 Å². The highest BCUT2D eigenvalue weighted by atomic mass is 32.1. The minimum absolute atomic E-state index is 0.157. The van der Waals surface area contributed by atoms with Crippen LogP contribution < -0.4 is 5.73 Å². The van der Waals surface area contributed by atoms with Crippen LogP contribution in [0.1, 0.15) is 39.5 Å². The minimum atomic E-state index is 0.157. The van der Waals surface area contributed by atoms with E-state index >= 15 is 0 Å². The standard InChI is InChI=1S/C13H27N3OS/c1-5-11(6-2)15(3)10-8-13(17)16(4)9-7-12(14)18/h11H,5-10H2,1-4H3,(H2,14,18). The molecule has 0 radical (unpaired) electrons. The largest absolute Gasteiger partial charge is 0.393 e. The van der Waals surface area contributed by atoms with Gasteiger partial charge in [0.05, 0.1) is 4.99 Å². The molecule has 0 fully saturated rings. The van der Waals surface area contributed by atoms with Gasteiger partial charge in [0, 0.05) is 39.0 Å². The lowest BCUT2D eigenvalue weighted by molar-refractivity contribution is -0.130. The van der Waals surface area contributed by atoms with Crippen molar-refractivity contribution in [2.75, 3.05) is 27.2 Å². The third-order valence-corrected chi connectivity index (χ3v) is 3.57. The van der Waals surface area contributed by atoms with Crippen molar-refractivity contribution >= 4 is 23.1 Å². The number of nitrogens with two attached hydrogens (primary N) is 1. The maximum atomic E-state index is 11.9. The molecule has 18 heavy (non-hydrogen) atoms. The van der Waals surface area contributed by atoms with E-state index in [9.17, 15) is 4.79 Å². The van der Waals surface area contributed by atoms with Gasteiger partial charge in [0.15, 0.2) is 0 Å². The van der Waals surface area contributed by atoms with Crippen molar-refractivity contribution in [2.45, 2.75) is 45.6 Å². The number of rotatable bonds is 9. The number of carbonyl (C=O) groups is 1. The van der Waals surface area contributed by atoms with Gasteiger partial charge >= 0.3 is 0 Å².